The molecule has 0 radical (unpaired) electrons. The van der Waals surface area contributed by atoms with Crippen LogP contribution in [0.15, 0.2) is 217 Å². The van der Waals surface area contributed by atoms with Crippen LogP contribution in [0.25, 0.3) is 77.2 Å². The van der Waals surface area contributed by atoms with Gasteiger partial charge in [-0.05, 0) is 92.7 Å². The fourth-order valence-corrected chi connectivity index (χ4v) is 7.79. The maximum absolute atomic E-state index is 6.53. The quantitative estimate of drug-likeness (QED) is 0.166. The second kappa shape index (κ2) is 13.4. The summed E-state index contributed by atoms with van der Waals surface area (Å²) in [5, 5.41) is 4.59. The molecular weight excluding hydrogens is 655 g/mol. The molecule has 0 aliphatic rings. The summed E-state index contributed by atoms with van der Waals surface area (Å²) in [7, 11) is 0. The molecule has 1 aromatic heterocycles. The molecular formula is C52H35NO. The third-order valence-corrected chi connectivity index (χ3v) is 10.4. The van der Waals surface area contributed by atoms with Gasteiger partial charge < -0.3 is 9.32 Å². The van der Waals surface area contributed by atoms with Gasteiger partial charge in [-0.3, -0.25) is 0 Å². The first-order valence-corrected chi connectivity index (χ1v) is 18.4. The minimum absolute atomic E-state index is 0.856. The normalized spacial score (nSPS) is 11.3. The Morgan fingerprint density at radius 1 is 0.296 bits per heavy atom. The first kappa shape index (κ1) is 31.6. The Kier molecular flexibility index (Phi) is 7.85. The monoisotopic (exact) mass is 689 g/mol. The highest BCUT2D eigenvalue weighted by atomic mass is 16.3. The van der Waals surface area contributed by atoms with Gasteiger partial charge in [0.15, 0.2) is 0 Å². The average molecular weight is 690 g/mol. The van der Waals surface area contributed by atoms with Crippen LogP contribution in [-0.2, 0) is 0 Å². The first-order valence-electron chi connectivity index (χ1n) is 18.4. The van der Waals surface area contributed by atoms with E-state index in [4.69, 9.17) is 4.42 Å². The molecule has 0 unspecified atom stereocenters. The number of rotatable bonds is 7. The predicted octanol–water partition coefficient (Wildman–Crippen LogP) is 14.9. The van der Waals surface area contributed by atoms with Crippen molar-refractivity contribution in [2.24, 2.45) is 0 Å². The molecule has 54 heavy (non-hydrogen) atoms. The number of anilines is 3. The largest absolute Gasteiger partial charge is 0.456 e. The second-order valence-corrected chi connectivity index (χ2v) is 13.7. The highest BCUT2D eigenvalue weighted by molar-refractivity contribution is 6.07. The molecule has 2 nitrogen and oxygen atoms in total. The molecule has 0 N–H and O–H groups in total. The van der Waals surface area contributed by atoms with E-state index in [2.05, 4.69) is 205 Å². The number of hydrogen-bond acceptors (Lipinski definition) is 2. The number of furan rings is 1. The van der Waals surface area contributed by atoms with Gasteiger partial charge in [-0.15, -0.1) is 0 Å². The summed E-state index contributed by atoms with van der Waals surface area (Å²) in [5.41, 5.74) is 14.2. The molecule has 9 aromatic carbocycles. The Morgan fingerprint density at radius 3 is 1.44 bits per heavy atom. The maximum atomic E-state index is 6.53. The smallest absolute Gasteiger partial charge is 0.137 e. The Hall–Kier alpha value is -7.16. The van der Waals surface area contributed by atoms with Gasteiger partial charge in [-0.1, -0.05) is 158 Å². The lowest BCUT2D eigenvalue weighted by atomic mass is 9.89. The molecule has 0 spiro atoms. The predicted molar refractivity (Wildman–Crippen MR) is 228 cm³/mol. The second-order valence-electron chi connectivity index (χ2n) is 13.7. The van der Waals surface area contributed by atoms with Gasteiger partial charge in [-0.25, -0.2) is 0 Å². The minimum Gasteiger partial charge on any atom is -0.456 e. The zero-order valence-electron chi connectivity index (χ0n) is 29.6. The average Bonchev–Trinajstić information content (AvgIpc) is 3.63. The number of hydrogen-bond donors (Lipinski definition) is 0. The van der Waals surface area contributed by atoms with Crippen molar-refractivity contribution < 1.29 is 4.42 Å². The highest BCUT2D eigenvalue weighted by Crippen LogP contribution is 2.49. The summed E-state index contributed by atoms with van der Waals surface area (Å²) in [4.78, 5) is 2.43. The van der Waals surface area contributed by atoms with E-state index in [-0.39, 0.29) is 0 Å². The fraction of sp³-hybridized carbons (Fsp3) is 0. The van der Waals surface area contributed by atoms with Crippen LogP contribution in [-0.4, -0.2) is 0 Å². The molecule has 2 heteroatoms. The minimum atomic E-state index is 0.856. The standard InChI is InChI=1S/C52H35NO/c1-5-15-36(16-6-1)41-26-25-38-27-28-44(32-42(38)31-41)53(45-29-30-47-46-23-13-14-24-50(46)54-51(47)35-45)52-48(39-19-9-3-10-20-39)33-43(37-17-7-2-8-18-37)34-49(52)40-21-11-4-12-22-40/h1-35H. The van der Waals surface area contributed by atoms with Crippen LogP contribution in [0.1, 0.15) is 0 Å². The molecule has 0 aliphatic heterocycles. The Balaban J connectivity index is 1.29. The molecule has 10 rings (SSSR count). The topological polar surface area (TPSA) is 16.4 Å². The Morgan fingerprint density at radius 2 is 0.796 bits per heavy atom. The number of nitrogens with zero attached hydrogens (tertiary/aromatic N) is 1. The van der Waals surface area contributed by atoms with Crippen molar-refractivity contribution in [3.8, 4) is 44.5 Å². The van der Waals surface area contributed by atoms with E-state index < -0.39 is 0 Å². The van der Waals surface area contributed by atoms with E-state index in [0.717, 1.165) is 66.8 Å². The number of fused-ring (bicyclic) bond motifs is 4. The zero-order chi connectivity index (χ0) is 35.8. The summed E-state index contributed by atoms with van der Waals surface area (Å²) >= 11 is 0. The third-order valence-electron chi connectivity index (χ3n) is 10.4. The summed E-state index contributed by atoms with van der Waals surface area (Å²) in [6.07, 6.45) is 0. The van der Waals surface area contributed by atoms with E-state index >= 15 is 0 Å². The lowest BCUT2D eigenvalue weighted by Crippen LogP contribution is -2.13. The van der Waals surface area contributed by atoms with Gasteiger partial charge in [0, 0.05) is 39.3 Å². The van der Waals surface area contributed by atoms with Crippen molar-refractivity contribution in [3.05, 3.63) is 212 Å². The molecule has 0 saturated heterocycles. The van der Waals surface area contributed by atoms with Crippen LogP contribution in [0, 0.1) is 0 Å². The molecule has 0 aliphatic carbocycles. The van der Waals surface area contributed by atoms with Crippen LogP contribution < -0.4 is 4.90 Å². The van der Waals surface area contributed by atoms with Crippen molar-refractivity contribution in [2.75, 3.05) is 4.90 Å². The summed E-state index contributed by atoms with van der Waals surface area (Å²) in [5.74, 6) is 0. The van der Waals surface area contributed by atoms with Crippen molar-refractivity contribution >= 4 is 49.8 Å². The highest BCUT2D eigenvalue weighted by Gasteiger charge is 2.24. The summed E-state index contributed by atoms with van der Waals surface area (Å²) < 4.78 is 6.53. The zero-order valence-corrected chi connectivity index (χ0v) is 29.6. The first-order chi connectivity index (χ1) is 26.8. The van der Waals surface area contributed by atoms with Crippen molar-refractivity contribution in [3.63, 3.8) is 0 Å². The molecule has 1 heterocycles. The molecule has 254 valence electrons. The Bertz CT molecular complexity index is 2850. The van der Waals surface area contributed by atoms with Crippen LogP contribution in [0.4, 0.5) is 17.1 Å². The van der Waals surface area contributed by atoms with E-state index in [9.17, 15) is 0 Å². The van der Waals surface area contributed by atoms with Crippen LogP contribution in [0.5, 0.6) is 0 Å². The van der Waals surface area contributed by atoms with E-state index in [0.29, 0.717) is 0 Å². The van der Waals surface area contributed by atoms with Gasteiger partial charge in [0.1, 0.15) is 11.2 Å². The lowest BCUT2D eigenvalue weighted by Gasteiger charge is -2.31. The van der Waals surface area contributed by atoms with E-state index in [1.807, 2.05) is 12.1 Å². The van der Waals surface area contributed by atoms with Crippen LogP contribution in [0.2, 0.25) is 0 Å². The molecule has 0 amide bonds. The molecule has 0 atom stereocenters. The summed E-state index contributed by atoms with van der Waals surface area (Å²) in [6.45, 7) is 0. The molecule has 0 bridgehead atoms. The Labute approximate surface area is 314 Å². The van der Waals surface area contributed by atoms with Gasteiger partial charge in [-0.2, -0.15) is 0 Å². The van der Waals surface area contributed by atoms with Crippen molar-refractivity contribution in [1.82, 2.24) is 0 Å². The third kappa shape index (κ3) is 5.71. The van der Waals surface area contributed by atoms with Gasteiger partial charge >= 0.3 is 0 Å². The lowest BCUT2D eigenvalue weighted by molar-refractivity contribution is 0.669. The van der Waals surface area contributed by atoms with Gasteiger partial charge in [0.2, 0.25) is 0 Å². The van der Waals surface area contributed by atoms with E-state index in [1.165, 1.54) is 27.5 Å². The van der Waals surface area contributed by atoms with Gasteiger partial charge in [0.25, 0.3) is 0 Å². The van der Waals surface area contributed by atoms with Crippen molar-refractivity contribution in [2.45, 2.75) is 0 Å². The summed E-state index contributed by atoms with van der Waals surface area (Å²) in [6, 6.07) is 76.1. The SMILES string of the molecule is c1ccc(-c2cc(-c3ccccc3)c(N(c3ccc4ccc(-c5ccccc5)cc4c3)c3ccc4c(c3)oc3ccccc34)c(-c3ccccc3)c2)cc1. The number of para-hydroxylation sites is 1. The fourth-order valence-electron chi connectivity index (χ4n) is 7.79. The van der Waals surface area contributed by atoms with Crippen LogP contribution in [0.3, 0.4) is 0 Å². The number of benzene rings is 9. The van der Waals surface area contributed by atoms with E-state index in [1.54, 1.807) is 0 Å². The van der Waals surface area contributed by atoms with Crippen LogP contribution >= 0.6 is 0 Å². The molecule has 10 aromatic rings. The maximum Gasteiger partial charge on any atom is 0.137 e. The molecule has 0 saturated carbocycles. The van der Waals surface area contributed by atoms with Gasteiger partial charge in [0.05, 0.1) is 5.69 Å². The molecule has 0 fully saturated rings. The van der Waals surface area contributed by atoms with Crippen molar-refractivity contribution in [1.29, 1.82) is 0 Å².